The van der Waals surface area contributed by atoms with Gasteiger partial charge in [-0.2, -0.15) is 8.42 Å². The molecule has 1 aliphatic heterocycles. The van der Waals surface area contributed by atoms with Crippen LogP contribution < -0.4 is 20.1 Å². The summed E-state index contributed by atoms with van der Waals surface area (Å²) < 4.78 is 48.1. The molecule has 38 heavy (non-hydrogen) atoms. The van der Waals surface area contributed by atoms with Crippen LogP contribution in [0, 0.1) is 17.2 Å². The molecule has 1 saturated heterocycles. The van der Waals surface area contributed by atoms with E-state index in [0.29, 0.717) is 36.0 Å². The zero-order valence-electron chi connectivity index (χ0n) is 21.3. The molecule has 1 aliphatic carbocycles. The number of halogens is 1. The Hall–Kier alpha value is -3.73. The molecule has 1 saturated carbocycles. The molecule has 9 nitrogen and oxygen atoms in total. The van der Waals surface area contributed by atoms with Gasteiger partial charge in [-0.1, -0.05) is 13.8 Å². The van der Waals surface area contributed by atoms with E-state index < -0.39 is 26.8 Å². The summed E-state index contributed by atoms with van der Waals surface area (Å²) in [7, 11) is -4.32. The summed E-state index contributed by atoms with van der Waals surface area (Å²) in [4.78, 5) is 23.9. The molecule has 0 bridgehead atoms. The van der Waals surface area contributed by atoms with Crippen molar-refractivity contribution >= 4 is 27.4 Å². The second kappa shape index (κ2) is 9.86. The largest absolute Gasteiger partial charge is 0.493 e. The predicted octanol–water partition coefficient (Wildman–Crippen LogP) is 4.01. The van der Waals surface area contributed by atoms with Crippen LogP contribution in [-0.2, 0) is 10.0 Å². The lowest BCUT2D eigenvalue weighted by Gasteiger charge is -2.22. The van der Waals surface area contributed by atoms with Crippen LogP contribution in [-0.4, -0.2) is 44.0 Å². The van der Waals surface area contributed by atoms with Gasteiger partial charge in [-0.25, -0.2) is 19.1 Å². The maximum atomic E-state index is 14.5. The molecule has 2 aromatic heterocycles. The highest BCUT2D eigenvalue weighted by atomic mass is 32.2. The third-order valence-corrected chi connectivity index (χ3v) is 8.15. The van der Waals surface area contributed by atoms with Gasteiger partial charge in [0.2, 0.25) is 0 Å². The van der Waals surface area contributed by atoms with Gasteiger partial charge in [0.1, 0.15) is 17.4 Å². The van der Waals surface area contributed by atoms with Gasteiger partial charge >= 0.3 is 0 Å². The third kappa shape index (κ3) is 5.42. The molecule has 5 rings (SSSR count). The van der Waals surface area contributed by atoms with Crippen molar-refractivity contribution in [3.8, 4) is 17.0 Å². The second-order valence-electron chi connectivity index (χ2n) is 10.5. The van der Waals surface area contributed by atoms with Crippen LogP contribution in [0.1, 0.15) is 43.5 Å². The van der Waals surface area contributed by atoms with Crippen LogP contribution in [0.4, 0.5) is 15.9 Å². The Balaban J connectivity index is 1.50. The summed E-state index contributed by atoms with van der Waals surface area (Å²) in [6, 6.07) is 10.4. The van der Waals surface area contributed by atoms with E-state index in [9.17, 15) is 17.6 Å². The monoisotopic (exact) mass is 539 g/mol. The number of amides is 1. The van der Waals surface area contributed by atoms with Gasteiger partial charge in [0.05, 0.1) is 23.6 Å². The van der Waals surface area contributed by atoms with Gasteiger partial charge in [-0.3, -0.25) is 4.79 Å². The highest BCUT2D eigenvalue weighted by Crippen LogP contribution is 2.53. The first-order valence-electron chi connectivity index (χ1n) is 12.5. The summed E-state index contributed by atoms with van der Waals surface area (Å²) in [5.41, 5.74) is 6.96. The summed E-state index contributed by atoms with van der Waals surface area (Å²) in [6.07, 6.45) is 4.47. The predicted molar refractivity (Wildman–Crippen MR) is 142 cm³/mol. The van der Waals surface area contributed by atoms with Gasteiger partial charge in [0, 0.05) is 30.9 Å². The lowest BCUT2D eigenvalue weighted by atomic mass is 10.1. The number of hydrogen-bond acceptors (Lipinski definition) is 8. The molecule has 1 spiro atoms. The number of aromatic nitrogens is 2. The lowest BCUT2D eigenvalue weighted by molar-refractivity contribution is 0.0981. The van der Waals surface area contributed by atoms with Crippen molar-refractivity contribution < 1.29 is 22.3 Å². The van der Waals surface area contributed by atoms with Crippen molar-refractivity contribution in [2.24, 2.45) is 11.3 Å². The number of pyridine rings is 2. The molecule has 0 atom stereocenters. The molecule has 11 heteroatoms. The van der Waals surface area contributed by atoms with E-state index in [4.69, 9.17) is 15.5 Å². The highest BCUT2D eigenvalue weighted by Gasteiger charge is 2.48. The number of ether oxygens (including phenoxy) is 1. The average Bonchev–Trinajstić information content (AvgIpc) is 3.50. The zero-order valence-corrected chi connectivity index (χ0v) is 22.1. The average molecular weight is 540 g/mol. The van der Waals surface area contributed by atoms with Crippen LogP contribution >= 0.6 is 0 Å². The summed E-state index contributed by atoms with van der Waals surface area (Å²) in [5, 5.41) is -0.425. The van der Waals surface area contributed by atoms with E-state index in [1.165, 1.54) is 36.5 Å². The number of carbonyl (C=O) groups excluding carboxylic acids is 1. The Morgan fingerprint density at radius 1 is 1.21 bits per heavy atom. The molecule has 0 radical (unpaired) electrons. The topological polar surface area (TPSA) is 128 Å². The van der Waals surface area contributed by atoms with Crippen LogP contribution in [0.15, 0.2) is 53.7 Å². The first-order chi connectivity index (χ1) is 18.1. The van der Waals surface area contributed by atoms with E-state index in [1.54, 1.807) is 12.1 Å². The number of nitrogens with zero attached hydrogens (tertiary/aromatic N) is 3. The van der Waals surface area contributed by atoms with E-state index in [-0.39, 0.29) is 22.6 Å². The minimum atomic E-state index is -4.32. The SMILES string of the molecule is CC(C)COc1cc(F)cc(-c2ccc(C(=O)NS(=O)(=O)c3ncccc3N)c(N3CCC4(CC4)C3)n2)c1. The maximum Gasteiger partial charge on any atom is 0.283 e. The fourth-order valence-corrected chi connectivity index (χ4v) is 5.67. The smallest absolute Gasteiger partial charge is 0.283 e. The molecule has 3 heterocycles. The van der Waals surface area contributed by atoms with E-state index in [0.717, 1.165) is 25.8 Å². The Bertz CT molecular complexity index is 1490. The molecule has 200 valence electrons. The number of rotatable bonds is 8. The first kappa shape index (κ1) is 25.9. The van der Waals surface area contributed by atoms with Crippen LogP contribution in [0.3, 0.4) is 0 Å². The highest BCUT2D eigenvalue weighted by molar-refractivity contribution is 7.90. The summed E-state index contributed by atoms with van der Waals surface area (Å²) in [5.74, 6) is -0.311. The number of nitrogens with one attached hydrogen (secondary N) is 1. The Labute approximate surface area is 221 Å². The van der Waals surface area contributed by atoms with Crippen molar-refractivity contribution in [3.05, 3.63) is 60.0 Å². The normalized spacial score (nSPS) is 16.2. The molecular weight excluding hydrogens is 509 g/mol. The van der Waals surface area contributed by atoms with Gasteiger partial charge < -0.3 is 15.4 Å². The van der Waals surface area contributed by atoms with Gasteiger partial charge in [0.15, 0.2) is 5.03 Å². The Morgan fingerprint density at radius 3 is 2.68 bits per heavy atom. The van der Waals surface area contributed by atoms with Crippen LogP contribution in [0.2, 0.25) is 0 Å². The number of carbonyl (C=O) groups is 1. The van der Waals surface area contributed by atoms with Gasteiger partial charge in [-0.05, 0) is 67.0 Å². The quantitative estimate of drug-likeness (QED) is 0.440. The van der Waals surface area contributed by atoms with Gasteiger partial charge in [-0.15, -0.1) is 0 Å². The first-order valence-corrected chi connectivity index (χ1v) is 14.0. The number of hydrogen-bond donors (Lipinski definition) is 2. The number of anilines is 2. The Morgan fingerprint density at radius 2 is 2.00 bits per heavy atom. The fourth-order valence-electron chi connectivity index (χ4n) is 4.64. The molecule has 1 aromatic carbocycles. The number of nitrogens with two attached hydrogens (primary N) is 1. The molecular formula is C27H30FN5O4S. The molecule has 2 fully saturated rings. The number of benzene rings is 1. The van der Waals surface area contributed by atoms with Gasteiger partial charge in [0.25, 0.3) is 15.9 Å². The van der Waals surface area contributed by atoms with Crippen molar-refractivity contribution in [1.29, 1.82) is 0 Å². The maximum absolute atomic E-state index is 14.5. The van der Waals surface area contributed by atoms with Crippen molar-refractivity contribution in [1.82, 2.24) is 14.7 Å². The van der Waals surface area contributed by atoms with Crippen LogP contribution in [0.25, 0.3) is 11.3 Å². The summed E-state index contributed by atoms with van der Waals surface area (Å²) in [6.45, 7) is 5.84. The molecule has 1 amide bonds. The standard InChI is InChI=1S/C27H30FN5O4S/c1-17(2)15-37-20-13-18(12-19(28)14-20)23-6-5-21(24(31-23)33-11-9-27(16-33)7-8-27)25(34)32-38(35,36)26-22(29)4-3-10-30-26/h3-6,10,12-14,17H,7-9,11,15-16,29H2,1-2H3,(H,32,34). The lowest BCUT2D eigenvalue weighted by Crippen LogP contribution is -2.34. The summed E-state index contributed by atoms with van der Waals surface area (Å²) >= 11 is 0. The van der Waals surface area contributed by atoms with Crippen molar-refractivity contribution in [2.45, 2.75) is 38.1 Å². The van der Waals surface area contributed by atoms with E-state index in [1.807, 2.05) is 18.7 Å². The molecule has 2 aliphatic rings. The minimum absolute atomic E-state index is 0.0710. The molecule has 0 unspecified atom stereocenters. The van der Waals surface area contributed by atoms with E-state index in [2.05, 4.69) is 9.71 Å². The molecule has 3 aromatic rings. The second-order valence-corrected chi connectivity index (χ2v) is 12.0. The van der Waals surface area contributed by atoms with Crippen molar-refractivity contribution in [3.63, 3.8) is 0 Å². The minimum Gasteiger partial charge on any atom is -0.493 e. The number of nitrogen functional groups attached to an aromatic ring is 1. The Kier molecular flexibility index (Phi) is 6.72. The molecule has 3 N–H and O–H groups in total. The van der Waals surface area contributed by atoms with Crippen molar-refractivity contribution in [2.75, 3.05) is 30.3 Å². The number of sulfonamides is 1. The third-order valence-electron chi connectivity index (χ3n) is 6.85. The fraction of sp³-hybridized carbons (Fsp3) is 0.370. The van der Waals surface area contributed by atoms with E-state index >= 15 is 0 Å². The van der Waals surface area contributed by atoms with Crippen LogP contribution in [0.5, 0.6) is 5.75 Å². The zero-order chi connectivity index (χ0) is 27.1.